The zero-order chi connectivity index (χ0) is 21.8. The Morgan fingerprint density at radius 3 is 2.77 bits per heavy atom. The van der Waals surface area contributed by atoms with E-state index in [-0.39, 0.29) is 18.2 Å². The van der Waals surface area contributed by atoms with Crippen LogP contribution in [0.15, 0.2) is 85.2 Å². The van der Waals surface area contributed by atoms with Crippen LogP contribution >= 0.6 is 31.9 Å². The molecule has 156 valence electrons. The van der Waals surface area contributed by atoms with Gasteiger partial charge in [0.2, 0.25) is 0 Å². The molecular weight excluding hydrogens is 531 g/mol. The molecule has 0 saturated heterocycles. The van der Waals surface area contributed by atoms with Crippen LogP contribution in [0.1, 0.15) is 21.7 Å². The highest BCUT2D eigenvalue weighted by molar-refractivity contribution is 9.11. The molecule has 8 heteroatoms. The molecule has 0 aliphatic rings. The fraction of sp³-hybridized carbons (Fsp3) is 0.0435. The van der Waals surface area contributed by atoms with Crippen LogP contribution in [-0.4, -0.2) is 12.1 Å². The summed E-state index contributed by atoms with van der Waals surface area (Å²) >= 11 is 6.83. The van der Waals surface area contributed by atoms with Gasteiger partial charge in [0.25, 0.3) is 0 Å². The number of amides is 1. The number of rotatable bonds is 6. The SMILES string of the molecule is O=C(N/N=C\c1ccccc1OCc1cccc(F)c1)c1cc2cc(Br)cc(Br)c2o1. The molecule has 0 spiro atoms. The van der Waals surface area contributed by atoms with Crippen molar-refractivity contribution in [3.63, 3.8) is 0 Å². The minimum atomic E-state index is -0.478. The molecule has 4 rings (SSSR count). The van der Waals surface area contributed by atoms with Crippen LogP contribution in [0.2, 0.25) is 0 Å². The predicted octanol–water partition coefficient (Wildman–Crippen LogP) is 6.44. The Bertz CT molecular complexity index is 1290. The first-order valence-electron chi connectivity index (χ1n) is 9.18. The summed E-state index contributed by atoms with van der Waals surface area (Å²) in [6.45, 7) is 0.207. The summed E-state index contributed by atoms with van der Waals surface area (Å²) in [5.41, 5.74) is 4.41. The van der Waals surface area contributed by atoms with Crippen LogP contribution in [-0.2, 0) is 6.61 Å². The Balaban J connectivity index is 1.44. The number of furan rings is 1. The molecule has 0 aliphatic heterocycles. The number of ether oxygens (including phenoxy) is 1. The van der Waals surface area contributed by atoms with Crippen molar-refractivity contribution in [2.24, 2.45) is 5.10 Å². The first-order chi connectivity index (χ1) is 15.0. The first kappa shape index (κ1) is 21.3. The lowest BCUT2D eigenvalue weighted by Gasteiger charge is -2.09. The molecule has 0 saturated carbocycles. The summed E-state index contributed by atoms with van der Waals surface area (Å²) in [5.74, 6) is -0.0962. The van der Waals surface area contributed by atoms with Crippen molar-refractivity contribution in [3.05, 3.63) is 98.4 Å². The standard InChI is InChI=1S/C23H15Br2FN2O3/c24-17-9-16-10-21(31-22(16)19(25)11-17)23(29)28-27-12-15-5-1-2-7-20(15)30-13-14-4-3-6-18(26)8-14/h1-12H,13H2,(H,28,29)/b27-12-. The molecule has 0 radical (unpaired) electrons. The lowest BCUT2D eigenvalue weighted by atomic mass is 10.2. The van der Waals surface area contributed by atoms with Gasteiger partial charge in [0.15, 0.2) is 5.76 Å². The highest BCUT2D eigenvalue weighted by Gasteiger charge is 2.14. The van der Waals surface area contributed by atoms with Crippen molar-refractivity contribution in [2.45, 2.75) is 6.61 Å². The van der Waals surface area contributed by atoms with E-state index in [0.717, 1.165) is 14.3 Å². The number of fused-ring (bicyclic) bond motifs is 1. The highest BCUT2D eigenvalue weighted by Crippen LogP contribution is 2.31. The minimum Gasteiger partial charge on any atom is -0.488 e. The van der Waals surface area contributed by atoms with E-state index in [1.165, 1.54) is 18.3 Å². The summed E-state index contributed by atoms with van der Waals surface area (Å²) in [5, 5.41) is 4.80. The minimum absolute atomic E-state index is 0.140. The monoisotopic (exact) mass is 544 g/mol. The number of hydrazone groups is 1. The Kier molecular flexibility index (Phi) is 6.48. The topological polar surface area (TPSA) is 63.8 Å². The number of hydrogen-bond acceptors (Lipinski definition) is 4. The normalized spacial score (nSPS) is 11.2. The second-order valence-corrected chi connectivity index (χ2v) is 8.34. The summed E-state index contributed by atoms with van der Waals surface area (Å²) in [7, 11) is 0. The lowest BCUT2D eigenvalue weighted by Crippen LogP contribution is -2.16. The number of carbonyl (C=O) groups excluding carboxylic acids is 1. The second kappa shape index (κ2) is 9.45. The zero-order valence-corrected chi connectivity index (χ0v) is 19.1. The number of nitrogens with one attached hydrogen (secondary N) is 1. The van der Waals surface area contributed by atoms with E-state index in [4.69, 9.17) is 9.15 Å². The summed E-state index contributed by atoms with van der Waals surface area (Å²) in [4.78, 5) is 12.4. The maximum Gasteiger partial charge on any atom is 0.307 e. The van der Waals surface area contributed by atoms with Crippen LogP contribution < -0.4 is 10.2 Å². The van der Waals surface area contributed by atoms with Crippen LogP contribution in [0.3, 0.4) is 0 Å². The van der Waals surface area contributed by atoms with Gasteiger partial charge < -0.3 is 9.15 Å². The highest BCUT2D eigenvalue weighted by atomic mass is 79.9. The number of halogens is 3. The maximum absolute atomic E-state index is 13.3. The van der Waals surface area contributed by atoms with Gasteiger partial charge in [-0.1, -0.05) is 40.2 Å². The molecule has 0 bridgehead atoms. The third-order valence-corrected chi connectivity index (χ3v) is 5.38. The van der Waals surface area contributed by atoms with Crippen LogP contribution in [0, 0.1) is 5.82 Å². The van der Waals surface area contributed by atoms with Gasteiger partial charge in [0.1, 0.15) is 23.8 Å². The fourth-order valence-electron chi connectivity index (χ4n) is 2.91. The van der Waals surface area contributed by atoms with Gasteiger partial charge in [-0.15, -0.1) is 0 Å². The van der Waals surface area contributed by atoms with Gasteiger partial charge in [0, 0.05) is 15.4 Å². The molecule has 1 amide bonds. The Hall–Kier alpha value is -2.97. The molecular formula is C23H15Br2FN2O3. The quantitative estimate of drug-likeness (QED) is 0.224. The Labute approximate surface area is 194 Å². The van der Waals surface area contributed by atoms with E-state index >= 15 is 0 Å². The van der Waals surface area contributed by atoms with Crippen molar-refractivity contribution in [3.8, 4) is 5.75 Å². The van der Waals surface area contributed by atoms with Gasteiger partial charge in [-0.3, -0.25) is 4.79 Å². The van der Waals surface area contributed by atoms with E-state index < -0.39 is 5.91 Å². The largest absolute Gasteiger partial charge is 0.488 e. The van der Waals surface area contributed by atoms with Crippen molar-refractivity contribution in [1.29, 1.82) is 0 Å². The second-order valence-electron chi connectivity index (χ2n) is 6.57. The fourth-order valence-corrected chi connectivity index (χ4v) is 4.25. The lowest BCUT2D eigenvalue weighted by molar-refractivity contribution is 0.0929. The van der Waals surface area contributed by atoms with E-state index in [1.54, 1.807) is 30.3 Å². The number of benzene rings is 3. The molecule has 5 nitrogen and oxygen atoms in total. The van der Waals surface area contributed by atoms with E-state index in [9.17, 15) is 9.18 Å². The third-order valence-electron chi connectivity index (χ3n) is 4.33. The summed E-state index contributed by atoms with van der Waals surface area (Å²) in [6, 6.07) is 18.8. The van der Waals surface area contributed by atoms with Crippen LogP contribution in [0.5, 0.6) is 5.75 Å². The zero-order valence-electron chi connectivity index (χ0n) is 15.9. The summed E-state index contributed by atoms with van der Waals surface area (Å²) in [6.07, 6.45) is 1.48. The molecule has 0 unspecified atom stereocenters. The number of para-hydroxylation sites is 1. The predicted molar refractivity (Wildman–Crippen MR) is 124 cm³/mol. The van der Waals surface area contributed by atoms with E-state index in [2.05, 4.69) is 42.4 Å². The molecule has 1 aromatic heterocycles. The molecule has 0 aliphatic carbocycles. The molecule has 0 atom stereocenters. The average molecular weight is 546 g/mol. The van der Waals surface area contributed by atoms with Crippen molar-refractivity contribution in [2.75, 3.05) is 0 Å². The van der Waals surface area contributed by atoms with Crippen molar-refractivity contribution in [1.82, 2.24) is 5.43 Å². The van der Waals surface area contributed by atoms with Crippen molar-refractivity contribution >= 4 is 55.0 Å². The van der Waals surface area contributed by atoms with Gasteiger partial charge in [-0.25, -0.2) is 9.82 Å². The molecule has 0 fully saturated rings. The molecule has 31 heavy (non-hydrogen) atoms. The van der Waals surface area contributed by atoms with Gasteiger partial charge in [0.05, 0.1) is 10.7 Å². The Morgan fingerprint density at radius 2 is 1.94 bits per heavy atom. The number of carbonyl (C=O) groups is 1. The van der Waals surface area contributed by atoms with Crippen LogP contribution in [0.25, 0.3) is 11.0 Å². The first-order valence-corrected chi connectivity index (χ1v) is 10.8. The number of hydrogen-bond donors (Lipinski definition) is 1. The van der Waals surface area contributed by atoms with Crippen LogP contribution in [0.4, 0.5) is 4.39 Å². The smallest absolute Gasteiger partial charge is 0.307 e. The number of nitrogens with zero attached hydrogens (tertiary/aromatic N) is 1. The van der Waals surface area contributed by atoms with E-state index in [1.807, 2.05) is 24.3 Å². The summed E-state index contributed by atoms with van der Waals surface area (Å²) < 4.78 is 26.4. The maximum atomic E-state index is 13.3. The molecule has 1 heterocycles. The van der Waals surface area contributed by atoms with Gasteiger partial charge in [-0.2, -0.15) is 5.10 Å². The van der Waals surface area contributed by atoms with Crippen molar-refractivity contribution < 1.29 is 18.3 Å². The molecule has 1 N–H and O–H groups in total. The third kappa shape index (κ3) is 5.21. The molecule has 3 aromatic carbocycles. The van der Waals surface area contributed by atoms with Gasteiger partial charge >= 0.3 is 5.91 Å². The van der Waals surface area contributed by atoms with Gasteiger partial charge in [-0.05, 0) is 64.0 Å². The Morgan fingerprint density at radius 1 is 1.10 bits per heavy atom. The molecule has 4 aromatic rings. The average Bonchev–Trinajstić information content (AvgIpc) is 3.18. The van der Waals surface area contributed by atoms with E-state index in [0.29, 0.717) is 22.5 Å².